The third kappa shape index (κ3) is 7.43. The van der Waals surface area contributed by atoms with Crippen LogP contribution in [0.25, 0.3) is 6.08 Å². The van der Waals surface area contributed by atoms with Crippen molar-refractivity contribution in [2.45, 2.75) is 26.9 Å². The molecule has 0 aliphatic carbocycles. The van der Waals surface area contributed by atoms with Gasteiger partial charge in [-0.2, -0.15) is 0 Å². The molecular weight excluding hydrogens is 444 g/mol. The van der Waals surface area contributed by atoms with Crippen LogP contribution in [0.15, 0.2) is 67.0 Å². The van der Waals surface area contributed by atoms with Gasteiger partial charge in [-0.05, 0) is 55.3 Å². The van der Waals surface area contributed by atoms with Crippen molar-refractivity contribution in [3.63, 3.8) is 0 Å². The SMILES string of the molecule is CCOc1cc(C(=O)/C=C/c2ccccc2OCc2cccnc2)c(CCNC(C)=O)cc1OC. The Kier molecular flexibility index (Phi) is 9.42. The molecule has 0 aliphatic rings. The Morgan fingerprint density at radius 3 is 2.57 bits per heavy atom. The molecule has 0 fully saturated rings. The number of ether oxygens (including phenoxy) is 3. The maximum atomic E-state index is 13.3. The van der Waals surface area contributed by atoms with Crippen molar-refractivity contribution in [3.05, 3.63) is 89.3 Å². The Bertz CT molecular complexity index is 1180. The molecule has 3 aromatic rings. The fourth-order valence-corrected chi connectivity index (χ4v) is 3.49. The van der Waals surface area contributed by atoms with E-state index < -0.39 is 0 Å². The molecule has 3 rings (SSSR count). The Balaban J connectivity index is 1.84. The van der Waals surface area contributed by atoms with Crippen LogP contribution in [0, 0.1) is 0 Å². The lowest BCUT2D eigenvalue weighted by Gasteiger charge is -2.15. The number of carbonyl (C=O) groups excluding carboxylic acids is 2. The summed E-state index contributed by atoms with van der Waals surface area (Å²) >= 11 is 0. The van der Waals surface area contributed by atoms with Gasteiger partial charge in [0, 0.05) is 42.6 Å². The van der Waals surface area contributed by atoms with Crippen molar-refractivity contribution >= 4 is 17.8 Å². The largest absolute Gasteiger partial charge is 0.493 e. The molecule has 7 heteroatoms. The average Bonchev–Trinajstić information content (AvgIpc) is 2.87. The number of pyridine rings is 1. The highest BCUT2D eigenvalue weighted by Crippen LogP contribution is 2.32. The van der Waals surface area contributed by atoms with Gasteiger partial charge in [0.2, 0.25) is 5.91 Å². The van der Waals surface area contributed by atoms with Gasteiger partial charge in [0.1, 0.15) is 12.4 Å². The van der Waals surface area contributed by atoms with Gasteiger partial charge in [0.15, 0.2) is 17.3 Å². The van der Waals surface area contributed by atoms with Crippen molar-refractivity contribution in [3.8, 4) is 17.2 Å². The normalized spacial score (nSPS) is 10.7. The first-order chi connectivity index (χ1) is 17.0. The zero-order valence-corrected chi connectivity index (χ0v) is 20.2. The van der Waals surface area contributed by atoms with E-state index in [-0.39, 0.29) is 11.7 Å². The fourth-order valence-electron chi connectivity index (χ4n) is 3.49. The molecule has 7 nitrogen and oxygen atoms in total. The van der Waals surface area contributed by atoms with Crippen molar-refractivity contribution in [2.75, 3.05) is 20.3 Å². The number of nitrogens with zero attached hydrogens (tertiary/aromatic N) is 1. The van der Waals surface area contributed by atoms with Crippen LogP contribution >= 0.6 is 0 Å². The maximum absolute atomic E-state index is 13.3. The number of amides is 1. The summed E-state index contributed by atoms with van der Waals surface area (Å²) in [5.74, 6) is 1.39. The lowest BCUT2D eigenvalue weighted by Crippen LogP contribution is -2.23. The van der Waals surface area contributed by atoms with Gasteiger partial charge in [-0.3, -0.25) is 14.6 Å². The topological polar surface area (TPSA) is 86.8 Å². The standard InChI is InChI=1S/C28H30N2O5/c1-4-34-28-17-24(23(16-27(28)33-3)13-15-30-20(2)31)25(32)12-11-22-9-5-6-10-26(22)35-19-21-8-7-14-29-18-21/h5-12,14,16-18H,4,13,15,19H2,1-3H3,(H,30,31)/b12-11+. The van der Waals surface area contributed by atoms with Crippen LogP contribution in [0.2, 0.25) is 0 Å². The number of allylic oxidation sites excluding steroid dienone is 1. The number of hydrogen-bond acceptors (Lipinski definition) is 6. The summed E-state index contributed by atoms with van der Waals surface area (Å²) in [7, 11) is 1.55. The summed E-state index contributed by atoms with van der Waals surface area (Å²) in [6.07, 6.45) is 7.20. The molecule has 0 spiro atoms. The average molecular weight is 475 g/mol. The van der Waals surface area contributed by atoms with Gasteiger partial charge in [-0.25, -0.2) is 0 Å². The van der Waals surface area contributed by atoms with Crippen molar-refractivity contribution in [1.29, 1.82) is 0 Å². The van der Waals surface area contributed by atoms with E-state index in [1.807, 2.05) is 43.3 Å². The van der Waals surface area contributed by atoms with Gasteiger partial charge < -0.3 is 19.5 Å². The first kappa shape index (κ1) is 25.5. The van der Waals surface area contributed by atoms with Crippen LogP contribution < -0.4 is 19.5 Å². The summed E-state index contributed by atoms with van der Waals surface area (Å²) in [4.78, 5) is 28.7. The molecule has 182 valence electrons. The number of benzene rings is 2. The first-order valence-corrected chi connectivity index (χ1v) is 11.4. The second kappa shape index (κ2) is 12.9. The minimum absolute atomic E-state index is 0.126. The number of para-hydroxylation sites is 1. The zero-order valence-electron chi connectivity index (χ0n) is 20.2. The number of rotatable bonds is 12. The summed E-state index contributed by atoms with van der Waals surface area (Å²) in [6, 6.07) is 14.8. The third-order valence-corrected chi connectivity index (χ3v) is 5.17. The number of ketones is 1. The molecule has 0 saturated carbocycles. The first-order valence-electron chi connectivity index (χ1n) is 11.4. The van der Waals surface area contributed by atoms with Gasteiger partial charge in [-0.15, -0.1) is 0 Å². The molecule has 35 heavy (non-hydrogen) atoms. The van der Waals surface area contributed by atoms with E-state index in [1.165, 1.54) is 13.0 Å². The third-order valence-electron chi connectivity index (χ3n) is 5.17. The zero-order chi connectivity index (χ0) is 25.0. The number of nitrogens with one attached hydrogen (secondary N) is 1. The van der Waals surface area contributed by atoms with Gasteiger partial charge in [0.05, 0.1) is 13.7 Å². The number of hydrogen-bond donors (Lipinski definition) is 1. The summed E-state index contributed by atoms with van der Waals surface area (Å²) in [5, 5.41) is 2.77. The molecule has 0 radical (unpaired) electrons. The van der Waals surface area contributed by atoms with Crippen LogP contribution in [0.5, 0.6) is 17.2 Å². The molecule has 1 aromatic heterocycles. The van der Waals surface area contributed by atoms with Crippen LogP contribution in [0.1, 0.15) is 40.9 Å². The van der Waals surface area contributed by atoms with E-state index >= 15 is 0 Å². The number of methoxy groups -OCH3 is 1. The quantitative estimate of drug-likeness (QED) is 0.304. The van der Waals surface area contributed by atoms with Crippen LogP contribution in [-0.2, 0) is 17.8 Å². The second-order valence-electron chi connectivity index (χ2n) is 7.71. The molecule has 0 aliphatic heterocycles. The van der Waals surface area contributed by atoms with Crippen molar-refractivity contribution < 1.29 is 23.8 Å². The fraction of sp³-hybridized carbons (Fsp3) is 0.250. The van der Waals surface area contributed by atoms with E-state index in [1.54, 1.807) is 37.7 Å². The summed E-state index contributed by atoms with van der Waals surface area (Å²) < 4.78 is 17.1. The predicted octanol–water partition coefficient (Wildman–Crippen LogP) is 4.64. The molecule has 0 saturated heterocycles. The second-order valence-corrected chi connectivity index (χ2v) is 7.71. The molecular formula is C28H30N2O5. The van der Waals surface area contributed by atoms with E-state index in [9.17, 15) is 9.59 Å². The lowest BCUT2D eigenvalue weighted by atomic mass is 9.98. The molecule has 0 bridgehead atoms. The molecule has 1 N–H and O–H groups in total. The van der Waals surface area contributed by atoms with E-state index in [0.717, 1.165) is 16.7 Å². The highest BCUT2D eigenvalue weighted by molar-refractivity contribution is 6.08. The highest BCUT2D eigenvalue weighted by Gasteiger charge is 2.16. The van der Waals surface area contributed by atoms with Gasteiger partial charge >= 0.3 is 0 Å². The Morgan fingerprint density at radius 1 is 1.03 bits per heavy atom. The molecule has 1 heterocycles. The Hall–Kier alpha value is -4.13. The molecule has 2 aromatic carbocycles. The Labute approximate surface area is 205 Å². The number of carbonyl (C=O) groups is 2. The summed E-state index contributed by atoms with van der Waals surface area (Å²) in [5.41, 5.74) is 2.98. The predicted molar refractivity (Wildman–Crippen MR) is 135 cm³/mol. The number of aromatic nitrogens is 1. The van der Waals surface area contributed by atoms with Crippen molar-refractivity contribution in [2.24, 2.45) is 0 Å². The van der Waals surface area contributed by atoms with E-state index in [4.69, 9.17) is 14.2 Å². The van der Waals surface area contributed by atoms with E-state index in [2.05, 4.69) is 10.3 Å². The van der Waals surface area contributed by atoms with Crippen LogP contribution in [0.3, 0.4) is 0 Å². The summed E-state index contributed by atoms with van der Waals surface area (Å²) in [6.45, 7) is 4.54. The van der Waals surface area contributed by atoms with Crippen LogP contribution in [0.4, 0.5) is 0 Å². The van der Waals surface area contributed by atoms with Crippen molar-refractivity contribution in [1.82, 2.24) is 10.3 Å². The molecule has 0 unspecified atom stereocenters. The van der Waals surface area contributed by atoms with E-state index in [0.29, 0.717) is 49.0 Å². The minimum atomic E-state index is -0.187. The van der Waals surface area contributed by atoms with Gasteiger partial charge in [-0.1, -0.05) is 24.3 Å². The highest BCUT2D eigenvalue weighted by atomic mass is 16.5. The molecule has 0 atom stereocenters. The Morgan fingerprint density at radius 2 is 1.86 bits per heavy atom. The smallest absolute Gasteiger partial charge is 0.216 e. The van der Waals surface area contributed by atoms with Crippen LogP contribution in [-0.4, -0.2) is 36.9 Å². The maximum Gasteiger partial charge on any atom is 0.216 e. The minimum Gasteiger partial charge on any atom is -0.493 e. The lowest BCUT2D eigenvalue weighted by molar-refractivity contribution is -0.118. The molecule has 1 amide bonds. The monoisotopic (exact) mass is 474 g/mol. The van der Waals surface area contributed by atoms with Gasteiger partial charge in [0.25, 0.3) is 0 Å².